The second kappa shape index (κ2) is 8.16. The number of anilines is 2. The Hall–Kier alpha value is -2.38. The molecule has 7 heteroatoms. The van der Waals surface area contributed by atoms with E-state index in [0.717, 1.165) is 37.1 Å². The number of piperidine rings is 1. The van der Waals surface area contributed by atoms with Gasteiger partial charge in [0.05, 0.1) is 11.4 Å². The van der Waals surface area contributed by atoms with Crippen LogP contribution in [0, 0.1) is 0 Å². The van der Waals surface area contributed by atoms with E-state index in [-0.39, 0.29) is 18.5 Å². The molecule has 0 unspecified atom stereocenters. The van der Waals surface area contributed by atoms with Crippen LogP contribution in [0.4, 0.5) is 11.4 Å². The molecule has 2 aliphatic heterocycles. The first kappa shape index (κ1) is 19.9. The fourth-order valence-electron chi connectivity index (χ4n) is 4.21. The SMILES string of the molecule is C[C@H]1Cc2ccccc2N1C(=O)CNc1ccc(S(=O)(=O)N2CCCCC2)cc1. The monoisotopic (exact) mass is 413 g/mol. The molecule has 4 rings (SSSR count). The number of carbonyl (C=O) groups excluding carboxylic acids is 1. The van der Waals surface area contributed by atoms with Gasteiger partial charge in [-0.15, -0.1) is 0 Å². The summed E-state index contributed by atoms with van der Waals surface area (Å²) in [5, 5.41) is 3.13. The molecule has 0 radical (unpaired) electrons. The van der Waals surface area contributed by atoms with Crippen molar-refractivity contribution in [3.8, 4) is 0 Å². The molecule has 2 aromatic rings. The summed E-state index contributed by atoms with van der Waals surface area (Å²) >= 11 is 0. The summed E-state index contributed by atoms with van der Waals surface area (Å²) in [6.07, 6.45) is 3.78. The maximum Gasteiger partial charge on any atom is 0.246 e. The molecule has 1 amide bonds. The molecule has 1 saturated heterocycles. The van der Waals surface area contributed by atoms with Crippen LogP contribution in [0.5, 0.6) is 0 Å². The fourth-order valence-corrected chi connectivity index (χ4v) is 5.72. The average Bonchev–Trinajstić information content (AvgIpc) is 3.08. The van der Waals surface area contributed by atoms with Crippen LogP contribution in [-0.2, 0) is 21.2 Å². The standard InChI is InChI=1S/C22H27N3O3S/c1-17-15-18-7-3-4-8-21(18)25(17)22(26)16-23-19-9-11-20(12-10-19)29(27,28)24-13-5-2-6-14-24/h3-4,7-12,17,23H,2,5-6,13-16H2,1H3/t17-/m0/s1. The summed E-state index contributed by atoms with van der Waals surface area (Å²) in [4.78, 5) is 14.9. The molecule has 0 aromatic heterocycles. The highest BCUT2D eigenvalue weighted by atomic mass is 32.2. The molecule has 0 aliphatic carbocycles. The number of carbonyl (C=O) groups is 1. The number of para-hydroxylation sites is 1. The van der Waals surface area contributed by atoms with Crippen molar-refractivity contribution in [2.45, 2.75) is 43.5 Å². The molecule has 0 spiro atoms. The van der Waals surface area contributed by atoms with Crippen molar-refractivity contribution < 1.29 is 13.2 Å². The second-order valence-corrected chi connectivity index (χ2v) is 9.73. The second-order valence-electron chi connectivity index (χ2n) is 7.79. The quantitative estimate of drug-likeness (QED) is 0.817. The summed E-state index contributed by atoms with van der Waals surface area (Å²) in [6.45, 7) is 3.40. The predicted octanol–water partition coefficient (Wildman–Crippen LogP) is 3.25. The van der Waals surface area contributed by atoms with Gasteiger partial charge in [-0.25, -0.2) is 8.42 Å². The number of hydrogen-bond donors (Lipinski definition) is 1. The van der Waals surface area contributed by atoms with Gasteiger partial charge in [0, 0.05) is 30.5 Å². The lowest BCUT2D eigenvalue weighted by atomic mass is 10.1. The molecule has 2 heterocycles. The van der Waals surface area contributed by atoms with Crippen LogP contribution in [-0.4, -0.2) is 44.3 Å². The first-order valence-corrected chi connectivity index (χ1v) is 11.6. The summed E-state index contributed by atoms with van der Waals surface area (Å²) in [6, 6.07) is 14.8. The van der Waals surface area contributed by atoms with Crippen molar-refractivity contribution in [3.05, 3.63) is 54.1 Å². The van der Waals surface area contributed by atoms with E-state index in [4.69, 9.17) is 0 Å². The normalized spacial score (nSPS) is 19.8. The zero-order chi connectivity index (χ0) is 20.4. The van der Waals surface area contributed by atoms with E-state index >= 15 is 0 Å². The Morgan fingerprint density at radius 2 is 1.72 bits per heavy atom. The molecular formula is C22H27N3O3S. The molecule has 29 heavy (non-hydrogen) atoms. The topological polar surface area (TPSA) is 69.7 Å². The zero-order valence-corrected chi connectivity index (χ0v) is 17.5. The number of amides is 1. The van der Waals surface area contributed by atoms with E-state index in [9.17, 15) is 13.2 Å². The van der Waals surface area contributed by atoms with E-state index < -0.39 is 10.0 Å². The minimum Gasteiger partial charge on any atom is -0.376 e. The van der Waals surface area contributed by atoms with Gasteiger partial charge in [0.2, 0.25) is 15.9 Å². The lowest BCUT2D eigenvalue weighted by molar-refractivity contribution is -0.117. The number of rotatable bonds is 5. The predicted molar refractivity (Wildman–Crippen MR) is 115 cm³/mol. The van der Waals surface area contributed by atoms with Gasteiger partial charge in [0.1, 0.15) is 0 Å². The van der Waals surface area contributed by atoms with Crippen LogP contribution < -0.4 is 10.2 Å². The van der Waals surface area contributed by atoms with Crippen LogP contribution in [0.25, 0.3) is 0 Å². The molecule has 2 aliphatic rings. The number of benzene rings is 2. The molecule has 1 N–H and O–H groups in total. The van der Waals surface area contributed by atoms with Crippen LogP contribution in [0.3, 0.4) is 0 Å². The van der Waals surface area contributed by atoms with E-state index in [1.807, 2.05) is 23.1 Å². The first-order valence-electron chi connectivity index (χ1n) is 10.2. The first-order chi connectivity index (χ1) is 14.0. The molecular weight excluding hydrogens is 386 g/mol. The van der Waals surface area contributed by atoms with Crippen molar-refractivity contribution in [2.24, 2.45) is 0 Å². The van der Waals surface area contributed by atoms with Gasteiger partial charge in [-0.1, -0.05) is 24.6 Å². The fraction of sp³-hybridized carbons (Fsp3) is 0.409. The molecule has 1 fully saturated rings. The Kier molecular flexibility index (Phi) is 5.61. The molecule has 0 bridgehead atoms. The van der Waals surface area contributed by atoms with Gasteiger partial charge < -0.3 is 10.2 Å². The Bertz CT molecular complexity index is 983. The van der Waals surface area contributed by atoms with Crippen LogP contribution in [0.2, 0.25) is 0 Å². The Labute approximate surface area is 172 Å². The number of nitrogens with one attached hydrogen (secondary N) is 1. The Balaban J connectivity index is 1.40. The Morgan fingerprint density at radius 1 is 1.03 bits per heavy atom. The lowest BCUT2D eigenvalue weighted by Crippen LogP contribution is -2.39. The molecule has 6 nitrogen and oxygen atoms in total. The molecule has 1 atom stereocenters. The van der Waals surface area contributed by atoms with Gasteiger partial charge >= 0.3 is 0 Å². The molecule has 154 valence electrons. The van der Waals surface area contributed by atoms with Crippen molar-refractivity contribution in [2.75, 3.05) is 29.9 Å². The van der Waals surface area contributed by atoms with Crippen LogP contribution in [0.15, 0.2) is 53.4 Å². The van der Waals surface area contributed by atoms with Crippen molar-refractivity contribution >= 4 is 27.3 Å². The highest BCUT2D eigenvalue weighted by molar-refractivity contribution is 7.89. The van der Waals surface area contributed by atoms with E-state index in [1.165, 1.54) is 5.56 Å². The smallest absolute Gasteiger partial charge is 0.246 e. The zero-order valence-electron chi connectivity index (χ0n) is 16.7. The third-order valence-corrected chi connectivity index (χ3v) is 7.64. The highest BCUT2D eigenvalue weighted by Gasteiger charge is 2.30. The number of sulfonamides is 1. The number of nitrogens with zero attached hydrogens (tertiary/aromatic N) is 2. The van der Waals surface area contributed by atoms with Crippen LogP contribution >= 0.6 is 0 Å². The van der Waals surface area contributed by atoms with Gasteiger partial charge in [-0.3, -0.25) is 4.79 Å². The summed E-state index contributed by atoms with van der Waals surface area (Å²) < 4.78 is 27.0. The number of hydrogen-bond acceptors (Lipinski definition) is 4. The highest BCUT2D eigenvalue weighted by Crippen LogP contribution is 2.31. The van der Waals surface area contributed by atoms with E-state index in [1.54, 1.807) is 28.6 Å². The lowest BCUT2D eigenvalue weighted by Gasteiger charge is -2.26. The summed E-state index contributed by atoms with van der Waals surface area (Å²) in [7, 11) is -3.43. The van der Waals surface area contributed by atoms with Crippen molar-refractivity contribution in [1.29, 1.82) is 0 Å². The van der Waals surface area contributed by atoms with Crippen molar-refractivity contribution in [3.63, 3.8) is 0 Å². The average molecular weight is 414 g/mol. The maximum atomic E-state index is 12.8. The molecule has 0 saturated carbocycles. The largest absolute Gasteiger partial charge is 0.376 e. The third kappa shape index (κ3) is 4.02. The van der Waals surface area contributed by atoms with Gasteiger partial charge in [0.25, 0.3) is 0 Å². The maximum absolute atomic E-state index is 12.8. The van der Waals surface area contributed by atoms with E-state index in [0.29, 0.717) is 18.0 Å². The minimum absolute atomic E-state index is 0.00691. The van der Waals surface area contributed by atoms with Crippen molar-refractivity contribution in [1.82, 2.24) is 4.31 Å². The third-order valence-electron chi connectivity index (χ3n) is 5.73. The van der Waals surface area contributed by atoms with Gasteiger partial charge in [0.15, 0.2) is 0 Å². The number of fused-ring (bicyclic) bond motifs is 1. The van der Waals surface area contributed by atoms with Gasteiger partial charge in [-0.05, 0) is 62.1 Å². The summed E-state index contributed by atoms with van der Waals surface area (Å²) in [5.41, 5.74) is 2.91. The Morgan fingerprint density at radius 3 is 2.45 bits per heavy atom. The molecule has 2 aromatic carbocycles. The van der Waals surface area contributed by atoms with E-state index in [2.05, 4.69) is 18.3 Å². The summed E-state index contributed by atoms with van der Waals surface area (Å²) in [5.74, 6) is 0.00691. The minimum atomic E-state index is -3.43. The van der Waals surface area contributed by atoms with Crippen LogP contribution in [0.1, 0.15) is 31.7 Å². The van der Waals surface area contributed by atoms with Gasteiger partial charge in [-0.2, -0.15) is 4.31 Å².